The number of hydrogen-bond acceptors (Lipinski definition) is 3. The highest BCUT2D eigenvalue weighted by Crippen LogP contribution is 2.23. The molecular weight excluding hydrogens is 451 g/mol. The average Bonchev–Trinajstić information content (AvgIpc) is 3.27. The zero-order chi connectivity index (χ0) is 22.2. The van der Waals surface area contributed by atoms with E-state index in [4.69, 9.17) is 23.2 Å². The monoisotopic (exact) mass is 478 g/mol. The number of hydrogen-bond donors (Lipinski definition) is 1. The molecule has 31 heavy (non-hydrogen) atoms. The van der Waals surface area contributed by atoms with Crippen molar-refractivity contribution in [1.29, 1.82) is 0 Å². The van der Waals surface area contributed by atoms with Crippen LogP contribution in [0.4, 0.5) is 0 Å². The fourth-order valence-electron chi connectivity index (χ4n) is 3.83. The number of rotatable bonds is 9. The first-order valence-corrected chi connectivity index (χ1v) is 12.4. The summed E-state index contributed by atoms with van der Waals surface area (Å²) in [5.41, 5.74) is 0.946. The van der Waals surface area contributed by atoms with E-state index in [-0.39, 0.29) is 23.6 Å². The topological polar surface area (TPSA) is 49.4 Å². The summed E-state index contributed by atoms with van der Waals surface area (Å²) in [7, 11) is 0. The smallest absolute Gasteiger partial charge is 0.243 e. The lowest BCUT2D eigenvalue weighted by Crippen LogP contribution is -2.51. The number of carbonyl (C=O) groups is 2. The van der Waals surface area contributed by atoms with E-state index in [0.29, 0.717) is 23.0 Å². The molecule has 7 heteroatoms. The SMILES string of the molecule is CC[C@@H](C(=O)NC1CCCC1)N(Cc1ccc(Cl)cc1)C(=O)CSc1ccc(Cl)cc1. The Hall–Kier alpha value is -1.69. The molecule has 1 N–H and O–H groups in total. The van der Waals surface area contributed by atoms with Crippen molar-refractivity contribution in [1.82, 2.24) is 10.2 Å². The molecule has 1 aliphatic carbocycles. The van der Waals surface area contributed by atoms with Gasteiger partial charge in [0.2, 0.25) is 11.8 Å². The molecule has 0 spiro atoms. The Balaban J connectivity index is 1.74. The third-order valence-electron chi connectivity index (χ3n) is 5.53. The highest BCUT2D eigenvalue weighted by molar-refractivity contribution is 8.00. The zero-order valence-electron chi connectivity index (χ0n) is 17.7. The minimum atomic E-state index is -0.505. The minimum Gasteiger partial charge on any atom is -0.352 e. The summed E-state index contributed by atoms with van der Waals surface area (Å²) in [6.45, 7) is 2.32. The van der Waals surface area contributed by atoms with Crippen LogP contribution in [0.3, 0.4) is 0 Å². The minimum absolute atomic E-state index is 0.0618. The largest absolute Gasteiger partial charge is 0.352 e. The summed E-state index contributed by atoms with van der Waals surface area (Å²) in [6, 6.07) is 14.5. The molecule has 4 nitrogen and oxygen atoms in total. The van der Waals surface area contributed by atoms with E-state index in [9.17, 15) is 9.59 Å². The molecular formula is C24H28Cl2N2O2S. The van der Waals surface area contributed by atoms with Gasteiger partial charge in [-0.15, -0.1) is 11.8 Å². The van der Waals surface area contributed by atoms with Gasteiger partial charge in [-0.2, -0.15) is 0 Å². The molecule has 0 radical (unpaired) electrons. The van der Waals surface area contributed by atoms with Crippen molar-refractivity contribution in [3.8, 4) is 0 Å². The second-order valence-corrected chi connectivity index (χ2v) is 9.73. The molecule has 1 atom stereocenters. The Bertz CT molecular complexity index is 868. The zero-order valence-corrected chi connectivity index (χ0v) is 20.0. The Morgan fingerprint density at radius 1 is 1.03 bits per heavy atom. The summed E-state index contributed by atoms with van der Waals surface area (Å²) in [6.07, 6.45) is 4.88. The van der Waals surface area contributed by atoms with Gasteiger partial charge >= 0.3 is 0 Å². The molecule has 2 amide bonds. The average molecular weight is 479 g/mol. The maximum absolute atomic E-state index is 13.3. The van der Waals surface area contributed by atoms with Crippen LogP contribution in [0.2, 0.25) is 10.0 Å². The van der Waals surface area contributed by atoms with Crippen LogP contribution in [0, 0.1) is 0 Å². The van der Waals surface area contributed by atoms with Crippen molar-refractivity contribution < 1.29 is 9.59 Å². The van der Waals surface area contributed by atoms with Gasteiger partial charge in [-0.05, 0) is 61.2 Å². The summed E-state index contributed by atoms with van der Waals surface area (Å²) >= 11 is 13.4. The third-order valence-corrected chi connectivity index (χ3v) is 7.03. The maximum Gasteiger partial charge on any atom is 0.243 e. The fourth-order valence-corrected chi connectivity index (χ4v) is 4.87. The second-order valence-electron chi connectivity index (χ2n) is 7.80. The van der Waals surface area contributed by atoms with Gasteiger partial charge in [-0.3, -0.25) is 9.59 Å². The predicted molar refractivity (Wildman–Crippen MR) is 129 cm³/mol. The number of amides is 2. The van der Waals surface area contributed by atoms with Crippen LogP contribution < -0.4 is 5.32 Å². The standard InChI is InChI=1S/C24H28Cl2N2O2S/c1-2-22(24(30)27-20-5-3-4-6-20)28(15-17-7-9-18(25)10-8-17)23(29)16-31-21-13-11-19(26)12-14-21/h7-14,20,22H,2-6,15-16H2,1H3,(H,27,30)/t22-/m0/s1. The second kappa shape index (κ2) is 11.8. The molecule has 0 saturated heterocycles. The van der Waals surface area contributed by atoms with Crippen molar-refractivity contribution in [3.05, 3.63) is 64.1 Å². The number of halogens is 2. The van der Waals surface area contributed by atoms with Crippen molar-refractivity contribution in [2.24, 2.45) is 0 Å². The molecule has 1 fully saturated rings. The first-order chi connectivity index (χ1) is 15.0. The molecule has 166 valence electrons. The lowest BCUT2D eigenvalue weighted by atomic mass is 10.1. The van der Waals surface area contributed by atoms with Crippen LogP contribution in [0.25, 0.3) is 0 Å². The van der Waals surface area contributed by atoms with Gasteiger partial charge in [0, 0.05) is 27.5 Å². The van der Waals surface area contributed by atoms with Crippen LogP contribution in [-0.4, -0.2) is 34.6 Å². The van der Waals surface area contributed by atoms with Gasteiger partial charge in [0.05, 0.1) is 5.75 Å². The van der Waals surface area contributed by atoms with Crippen LogP contribution in [0.5, 0.6) is 0 Å². The quantitative estimate of drug-likeness (QED) is 0.452. The van der Waals surface area contributed by atoms with E-state index in [2.05, 4.69) is 5.32 Å². The fraction of sp³-hybridized carbons (Fsp3) is 0.417. The van der Waals surface area contributed by atoms with Crippen molar-refractivity contribution in [3.63, 3.8) is 0 Å². The van der Waals surface area contributed by atoms with E-state index >= 15 is 0 Å². The van der Waals surface area contributed by atoms with Crippen LogP contribution in [0.15, 0.2) is 53.4 Å². The van der Waals surface area contributed by atoms with Gasteiger partial charge < -0.3 is 10.2 Å². The highest BCUT2D eigenvalue weighted by atomic mass is 35.5. The molecule has 0 aliphatic heterocycles. The van der Waals surface area contributed by atoms with Crippen molar-refractivity contribution in [2.75, 3.05) is 5.75 Å². The number of thioether (sulfide) groups is 1. The number of nitrogens with zero attached hydrogens (tertiary/aromatic N) is 1. The first kappa shape index (κ1) is 24.0. The Labute approximate surface area is 198 Å². The normalized spacial score (nSPS) is 14.9. The van der Waals surface area contributed by atoms with Gasteiger partial charge in [-0.1, -0.05) is 55.1 Å². The molecule has 0 aromatic heterocycles. The maximum atomic E-state index is 13.3. The van der Waals surface area contributed by atoms with E-state index in [0.717, 1.165) is 36.1 Å². The molecule has 0 heterocycles. The Kier molecular flexibility index (Phi) is 9.12. The summed E-state index contributed by atoms with van der Waals surface area (Å²) in [5, 5.41) is 4.47. The lowest BCUT2D eigenvalue weighted by Gasteiger charge is -2.31. The van der Waals surface area contributed by atoms with Crippen LogP contribution in [0.1, 0.15) is 44.6 Å². The molecule has 0 unspecified atom stereocenters. The van der Waals surface area contributed by atoms with Crippen molar-refractivity contribution >= 4 is 46.8 Å². The number of nitrogens with one attached hydrogen (secondary N) is 1. The predicted octanol–water partition coefficient (Wildman–Crippen LogP) is 5.95. The lowest BCUT2D eigenvalue weighted by molar-refractivity contribution is -0.139. The summed E-state index contributed by atoms with van der Waals surface area (Å²) < 4.78 is 0. The number of carbonyl (C=O) groups excluding carboxylic acids is 2. The van der Waals surface area contributed by atoms with E-state index in [1.165, 1.54) is 11.8 Å². The third kappa shape index (κ3) is 7.16. The molecule has 1 aliphatic rings. The van der Waals surface area contributed by atoms with E-state index in [1.54, 1.807) is 4.90 Å². The van der Waals surface area contributed by atoms with Gasteiger partial charge in [0.1, 0.15) is 6.04 Å². The van der Waals surface area contributed by atoms with Gasteiger partial charge in [0.15, 0.2) is 0 Å². The molecule has 2 aromatic rings. The molecule has 3 rings (SSSR count). The summed E-state index contributed by atoms with van der Waals surface area (Å²) in [5.74, 6) is 0.124. The van der Waals surface area contributed by atoms with Crippen molar-refractivity contribution in [2.45, 2.75) is 62.6 Å². The molecule has 0 bridgehead atoms. The Morgan fingerprint density at radius 2 is 1.61 bits per heavy atom. The first-order valence-electron chi connectivity index (χ1n) is 10.7. The Morgan fingerprint density at radius 3 is 2.19 bits per heavy atom. The van der Waals surface area contributed by atoms with Gasteiger partial charge in [-0.25, -0.2) is 0 Å². The van der Waals surface area contributed by atoms with Crippen LogP contribution in [-0.2, 0) is 16.1 Å². The molecule has 2 aromatic carbocycles. The highest BCUT2D eigenvalue weighted by Gasteiger charge is 2.30. The number of benzene rings is 2. The van der Waals surface area contributed by atoms with Crippen LogP contribution >= 0.6 is 35.0 Å². The van der Waals surface area contributed by atoms with E-state index in [1.807, 2.05) is 55.5 Å². The van der Waals surface area contributed by atoms with Gasteiger partial charge in [0.25, 0.3) is 0 Å². The summed E-state index contributed by atoms with van der Waals surface area (Å²) in [4.78, 5) is 29.0. The molecule has 1 saturated carbocycles. The van der Waals surface area contributed by atoms with E-state index < -0.39 is 6.04 Å².